The summed E-state index contributed by atoms with van der Waals surface area (Å²) in [6.07, 6.45) is 1.95. The number of rotatable bonds is 2. The average Bonchev–Trinajstić information content (AvgIpc) is 2.34. The average molecular weight is 188 g/mol. The number of aliphatic imine (C=N–C) groups is 1. The molecule has 0 spiro atoms. The maximum atomic E-state index is 5.16. The molecule has 0 amide bonds. The summed E-state index contributed by atoms with van der Waals surface area (Å²) in [5.74, 6) is 0.0482. The summed E-state index contributed by atoms with van der Waals surface area (Å²) in [7, 11) is 0. The summed E-state index contributed by atoms with van der Waals surface area (Å²) >= 11 is 2.99. The molecule has 1 aromatic heterocycles. The largest absolute Gasteiger partial charge is 0.370 e. The molecule has 0 aliphatic rings. The number of hydrogen-bond acceptors (Lipinski definition) is 4. The SMILES string of the molecule is CSc1csc(N=C(N)N)n1. The molecular weight excluding hydrogens is 180 g/mol. The van der Waals surface area contributed by atoms with Gasteiger partial charge in [-0.25, -0.2) is 4.98 Å². The van der Waals surface area contributed by atoms with Gasteiger partial charge in [0.1, 0.15) is 5.03 Å². The zero-order valence-electron chi connectivity index (χ0n) is 5.94. The van der Waals surface area contributed by atoms with Gasteiger partial charge in [0.25, 0.3) is 0 Å². The third-order valence-electron chi connectivity index (χ3n) is 0.905. The lowest BCUT2D eigenvalue weighted by molar-refractivity contribution is 1.18. The Bertz CT molecular complexity index is 263. The van der Waals surface area contributed by atoms with E-state index in [1.54, 1.807) is 11.8 Å². The van der Waals surface area contributed by atoms with Crippen LogP contribution in [-0.2, 0) is 0 Å². The van der Waals surface area contributed by atoms with Crippen LogP contribution in [0.5, 0.6) is 0 Å². The lowest BCUT2D eigenvalue weighted by Crippen LogP contribution is -2.21. The van der Waals surface area contributed by atoms with Crippen molar-refractivity contribution in [1.29, 1.82) is 0 Å². The van der Waals surface area contributed by atoms with E-state index >= 15 is 0 Å². The van der Waals surface area contributed by atoms with E-state index in [1.807, 2.05) is 11.6 Å². The molecule has 60 valence electrons. The van der Waals surface area contributed by atoms with Crippen LogP contribution in [0.15, 0.2) is 15.4 Å². The summed E-state index contributed by atoms with van der Waals surface area (Å²) in [6.45, 7) is 0. The van der Waals surface area contributed by atoms with Crippen LogP contribution >= 0.6 is 23.1 Å². The first kappa shape index (κ1) is 8.35. The molecule has 4 nitrogen and oxygen atoms in total. The maximum absolute atomic E-state index is 5.16. The Kier molecular flexibility index (Phi) is 2.72. The van der Waals surface area contributed by atoms with Crippen molar-refractivity contribution < 1.29 is 0 Å². The molecule has 4 N–H and O–H groups in total. The first-order valence-corrected chi connectivity index (χ1v) is 4.92. The number of thiazole rings is 1. The normalized spacial score (nSPS) is 9.55. The first-order chi connectivity index (χ1) is 5.22. The van der Waals surface area contributed by atoms with E-state index in [1.165, 1.54) is 11.3 Å². The third kappa shape index (κ3) is 2.39. The second-order valence-corrected chi connectivity index (χ2v) is 3.37. The van der Waals surface area contributed by atoms with E-state index in [0.717, 1.165) is 5.03 Å². The summed E-state index contributed by atoms with van der Waals surface area (Å²) < 4.78 is 0. The van der Waals surface area contributed by atoms with Crippen molar-refractivity contribution >= 4 is 34.2 Å². The number of hydrogen-bond donors (Lipinski definition) is 2. The smallest absolute Gasteiger partial charge is 0.213 e. The molecule has 0 saturated carbocycles. The fourth-order valence-corrected chi connectivity index (χ4v) is 1.84. The first-order valence-electron chi connectivity index (χ1n) is 2.81. The van der Waals surface area contributed by atoms with Gasteiger partial charge in [-0.05, 0) is 6.26 Å². The number of guanidine groups is 1. The number of aromatic nitrogens is 1. The minimum absolute atomic E-state index is 0.0482. The van der Waals surface area contributed by atoms with Gasteiger partial charge in [0.05, 0.1) is 0 Å². The summed E-state index contributed by atoms with van der Waals surface area (Å²) in [4.78, 5) is 7.90. The number of nitrogens with zero attached hydrogens (tertiary/aromatic N) is 2. The summed E-state index contributed by atoms with van der Waals surface area (Å²) in [5.41, 5.74) is 10.3. The van der Waals surface area contributed by atoms with Crippen LogP contribution in [0.4, 0.5) is 5.13 Å². The van der Waals surface area contributed by atoms with Crippen molar-refractivity contribution in [2.45, 2.75) is 5.03 Å². The highest BCUT2D eigenvalue weighted by Gasteiger charge is 1.97. The minimum Gasteiger partial charge on any atom is -0.370 e. The van der Waals surface area contributed by atoms with Gasteiger partial charge in [-0.2, -0.15) is 4.99 Å². The van der Waals surface area contributed by atoms with Gasteiger partial charge >= 0.3 is 0 Å². The molecule has 0 atom stereocenters. The van der Waals surface area contributed by atoms with Gasteiger partial charge in [0, 0.05) is 5.38 Å². The van der Waals surface area contributed by atoms with Gasteiger partial charge in [-0.1, -0.05) is 0 Å². The Balaban J connectivity index is 2.81. The van der Waals surface area contributed by atoms with Crippen molar-refractivity contribution in [2.24, 2.45) is 16.5 Å². The number of nitrogens with two attached hydrogens (primary N) is 2. The van der Waals surface area contributed by atoms with Crippen LogP contribution in [0.3, 0.4) is 0 Å². The van der Waals surface area contributed by atoms with Gasteiger partial charge in [0.2, 0.25) is 5.13 Å². The Morgan fingerprint density at radius 2 is 2.45 bits per heavy atom. The van der Waals surface area contributed by atoms with Gasteiger partial charge in [-0.3, -0.25) is 0 Å². The van der Waals surface area contributed by atoms with E-state index in [0.29, 0.717) is 5.13 Å². The molecule has 0 aliphatic carbocycles. The maximum Gasteiger partial charge on any atom is 0.213 e. The van der Waals surface area contributed by atoms with Crippen LogP contribution in [0.25, 0.3) is 0 Å². The Morgan fingerprint density at radius 1 is 1.73 bits per heavy atom. The van der Waals surface area contributed by atoms with E-state index in [-0.39, 0.29) is 5.96 Å². The zero-order valence-corrected chi connectivity index (χ0v) is 7.58. The van der Waals surface area contributed by atoms with Crippen LogP contribution < -0.4 is 11.5 Å². The van der Waals surface area contributed by atoms with E-state index < -0.39 is 0 Å². The highest BCUT2D eigenvalue weighted by Crippen LogP contribution is 2.23. The topological polar surface area (TPSA) is 77.3 Å². The molecule has 11 heavy (non-hydrogen) atoms. The Labute approximate surface area is 72.7 Å². The van der Waals surface area contributed by atoms with Crippen LogP contribution in [0, 0.1) is 0 Å². The molecule has 0 bridgehead atoms. The molecule has 0 radical (unpaired) electrons. The van der Waals surface area contributed by atoms with Gasteiger partial charge < -0.3 is 11.5 Å². The highest BCUT2D eigenvalue weighted by atomic mass is 32.2. The zero-order chi connectivity index (χ0) is 8.27. The fourth-order valence-electron chi connectivity index (χ4n) is 0.506. The minimum atomic E-state index is 0.0482. The van der Waals surface area contributed by atoms with Crippen molar-refractivity contribution in [3.8, 4) is 0 Å². The van der Waals surface area contributed by atoms with Crippen molar-refractivity contribution in [3.05, 3.63) is 5.38 Å². The molecule has 0 unspecified atom stereocenters. The Hall–Kier alpha value is -0.750. The lowest BCUT2D eigenvalue weighted by atomic mass is 11.0. The summed E-state index contributed by atoms with van der Waals surface area (Å²) in [6, 6.07) is 0. The standard InChI is InChI=1S/C5H8N4S2/c1-10-3-2-11-5(8-3)9-4(6)7/h2H,1H3,(H4,6,7,8,9). The monoisotopic (exact) mass is 188 g/mol. The predicted molar refractivity (Wildman–Crippen MR) is 49.4 cm³/mol. The molecule has 0 aliphatic heterocycles. The van der Waals surface area contributed by atoms with Crippen molar-refractivity contribution in [2.75, 3.05) is 6.26 Å². The van der Waals surface area contributed by atoms with Crippen LogP contribution in [0.2, 0.25) is 0 Å². The Morgan fingerprint density at radius 3 is 2.91 bits per heavy atom. The predicted octanol–water partition coefficient (Wildman–Crippen LogP) is 0.770. The van der Waals surface area contributed by atoms with E-state index in [2.05, 4.69) is 9.98 Å². The van der Waals surface area contributed by atoms with Gasteiger partial charge in [0.15, 0.2) is 5.96 Å². The second kappa shape index (κ2) is 3.59. The van der Waals surface area contributed by atoms with Crippen LogP contribution in [-0.4, -0.2) is 17.2 Å². The van der Waals surface area contributed by atoms with Gasteiger partial charge in [-0.15, -0.1) is 23.1 Å². The van der Waals surface area contributed by atoms with E-state index in [4.69, 9.17) is 11.5 Å². The van der Waals surface area contributed by atoms with Crippen molar-refractivity contribution in [3.63, 3.8) is 0 Å². The van der Waals surface area contributed by atoms with Crippen LogP contribution in [0.1, 0.15) is 0 Å². The molecule has 6 heteroatoms. The highest BCUT2D eigenvalue weighted by molar-refractivity contribution is 7.98. The number of thioether (sulfide) groups is 1. The molecule has 1 rings (SSSR count). The molecule has 1 aromatic rings. The summed E-state index contributed by atoms with van der Waals surface area (Å²) in [5, 5.41) is 3.45. The lowest BCUT2D eigenvalue weighted by Gasteiger charge is -1.85. The molecular formula is C5H8N4S2. The third-order valence-corrected chi connectivity index (χ3v) is 2.42. The molecule has 1 heterocycles. The second-order valence-electron chi connectivity index (χ2n) is 1.71. The van der Waals surface area contributed by atoms with E-state index in [9.17, 15) is 0 Å². The quantitative estimate of drug-likeness (QED) is 0.408. The molecule has 0 aromatic carbocycles. The molecule has 0 saturated heterocycles. The van der Waals surface area contributed by atoms with Crippen molar-refractivity contribution in [1.82, 2.24) is 4.98 Å². The molecule has 0 fully saturated rings. The fraction of sp³-hybridized carbons (Fsp3) is 0.200.